The normalized spacial score (nSPS) is 14.0. The van der Waals surface area contributed by atoms with E-state index in [1.807, 2.05) is 37.3 Å². The summed E-state index contributed by atoms with van der Waals surface area (Å²) in [5, 5.41) is 6.15. The van der Waals surface area contributed by atoms with Gasteiger partial charge in [-0.3, -0.25) is 9.67 Å². The van der Waals surface area contributed by atoms with Gasteiger partial charge in [0.2, 0.25) is 6.79 Å². The quantitative estimate of drug-likeness (QED) is 0.350. The molecule has 0 N–H and O–H groups in total. The van der Waals surface area contributed by atoms with Crippen molar-refractivity contribution in [3.63, 3.8) is 0 Å². The first-order valence-electron chi connectivity index (χ1n) is 11.6. The fourth-order valence-electron chi connectivity index (χ4n) is 5.06. The van der Waals surface area contributed by atoms with Crippen LogP contribution in [0.1, 0.15) is 17.8 Å². The second kappa shape index (κ2) is 7.42. The third-order valence-corrected chi connectivity index (χ3v) is 6.63. The lowest BCUT2D eigenvalue weighted by Gasteiger charge is -2.12. The van der Waals surface area contributed by atoms with Gasteiger partial charge in [0.05, 0.1) is 16.9 Å². The Kier molecular flexibility index (Phi) is 4.21. The van der Waals surface area contributed by atoms with E-state index >= 15 is 0 Å². The Hall–Kier alpha value is -4.19. The highest BCUT2D eigenvalue weighted by molar-refractivity contribution is 6.00. The lowest BCUT2D eigenvalue weighted by molar-refractivity contribution is 0.174. The number of rotatable bonds is 3. The minimum Gasteiger partial charge on any atom is -0.454 e. The molecule has 0 aliphatic carbocycles. The molecule has 2 aliphatic heterocycles. The molecule has 0 amide bonds. The van der Waals surface area contributed by atoms with Gasteiger partial charge < -0.3 is 9.47 Å². The summed E-state index contributed by atoms with van der Waals surface area (Å²) in [6.45, 7) is 3.21. The first-order chi connectivity index (χ1) is 16.7. The zero-order valence-electron chi connectivity index (χ0n) is 18.8. The lowest BCUT2D eigenvalue weighted by Crippen LogP contribution is -1.95. The summed E-state index contributed by atoms with van der Waals surface area (Å²) < 4.78 is 13.3. The second-order valence-corrected chi connectivity index (χ2v) is 8.80. The molecule has 5 aromatic rings. The molecule has 3 aromatic heterocycles. The first-order valence-corrected chi connectivity index (χ1v) is 11.6. The van der Waals surface area contributed by atoms with Crippen LogP contribution in [0.4, 0.5) is 0 Å². The molecule has 166 valence electrons. The van der Waals surface area contributed by atoms with Crippen LogP contribution in [-0.4, -0.2) is 26.5 Å². The summed E-state index contributed by atoms with van der Waals surface area (Å²) in [5.41, 5.74) is 9.24. The fourth-order valence-corrected chi connectivity index (χ4v) is 5.06. The van der Waals surface area contributed by atoms with Crippen LogP contribution in [0.2, 0.25) is 0 Å². The van der Waals surface area contributed by atoms with Gasteiger partial charge in [0, 0.05) is 34.4 Å². The Bertz CT molecular complexity index is 1590. The fraction of sp³-hybridized carbons (Fsp3) is 0.179. The molecule has 2 aliphatic rings. The van der Waals surface area contributed by atoms with Crippen LogP contribution in [0.15, 0.2) is 66.7 Å². The molecule has 0 bridgehead atoms. The van der Waals surface area contributed by atoms with E-state index in [2.05, 4.69) is 41.1 Å². The van der Waals surface area contributed by atoms with Gasteiger partial charge in [-0.2, -0.15) is 5.10 Å². The van der Waals surface area contributed by atoms with Gasteiger partial charge in [-0.15, -0.1) is 0 Å². The largest absolute Gasteiger partial charge is 0.454 e. The first kappa shape index (κ1) is 19.3. The number of nitrogens with zero attached hydrogens (tertiary/aromatic N) is 4. The average Bonchev–Trinajstić information content (AvgIpc) is 3.59. The zero-order valence-corrected chi connectivity index (χ0v) is 18.8. The number of hydrogen-bond donors (Lipinski definition) is 0. The Labute approximate surface area is 196 Å². The minimum absolute atomic E-state index is 0.255. The number of fused-ring (bicyclic) bond motifs is 3. The Balaban J connectivity index is 1.50. The van der Waals surface area contributed by atoms with Gasteiger partial charge in [0.15, 0.2) is 11.5 Å². The number of aromatic nitrogens is 4. The van der Waals surface area contributed by atoms with Gasteiger partial charge in [-0.1, -0.05) is 24.3 Å². The predicted octanol–water partition coefficient (Wildman–Crippen LogP) is 5.81. The molecule has 6 heteroatoms. The number of hydrogen-bond acceptors (Lipinski definition) is 5. The second-order valence-electron chi connectivity index (χ2n) is 8.80. The van der Waals surface area contributed by atoms with Crippen molar-refractivity contribution in [1.82, 2.24) is 19.7 Å². The van der Waals surface area contributed by atoms with E-state index in [-0.39, 0.29) is 6.79 Å². The van der Waals surface area contributed by atoms with Crippen molar-refractivity contribution in [2.75, 3.05) is 6.79 Å². The van der Waals surface area contributed by atoms with Crippen LogP contribution in [0.3, 0.4) is 0 Å². The van der Waals surface area contributed by atoms with Crippen molar-refractivity contribution >= 4 is 10.9 Å². The van der Waals surface area contributed by atoms with Gasteiger partial charge in [-0.05, 0) is 67.8 Å². The number of ether oxygens (including phenoxy) is 2. The number of pyridine rings is 2. The van der Waals surface area contributed by atoms with Gasteiger partial charge in [0.25, 0.3) is 0 Å². The maximum Gasteiger partial charge on any atom is 0.231 e. The number of aryl methyl sites for hydroxylation is 2. The summed E-state index contributed by atoms with van der Waals surface area (Å²) in [7, 11) is 0. The van der Waals surface area contributed by atoms with Gasteiger partial charge in [0.1, 0.15) is 5.69 Å². The van der Waals surface area contributed by atoms with E-state index in [0.29, 0.717) is 0 Å². The minimum atomic E-state index is 0.255. The van der Waals surface area contributed by atoms with E-state index in [0.717, 1.165) is 81.3 Å². The molecule has 2 aromatic carbocycles. The van der Waals surface area contributed by atoms with Crippen molar-refractivity contribution in [2.45, 2.75) is 26.3 Å². The van der Waals surface area contributed by atoms with Crippen LogP contribution in [0.25, 0.3) is 44.7 Å². The molecule has 0 unspecified atom stereocenters. The van der Waals surface area contributed by atoms with Crippen LogP contribution in [0, 0.1) is 6.92 Å². The molecule has 6 nitrogen and oxygen atoms in total. The summed E-state index contributed by atoms with van der Waals surface area (Å²) in [4.78, 5) is 9.83. The summed E-state index contributed by atoms with van der Waals surface area (Å²) in [5.74, 6) is 1.53. The molecule has 0 saturated carbocycles. The summed E-state index contributed by atoms with van der Waals surface area (Å²) in [6, 6.07) is 22.6. The monoisotopic (exact) mass is 446 g/mol. The van der Waals surface area contributed by atoms with Gasteiger partial charge in [-0.25, -0.2) is 4.98 Å². The Morgan fingerprint density at radius 1 is 0.853 bits per heavy atom. The van der Waals surface area contributed by atoms with Crippen molar-refractivity contribution in [1.29, 1.82) is 0 Å². The van der Waals surface area contributed by atoms with Crippen LogP contribution in [0.5, 0.6) is 11.5 Å². The standard InChI is InChI=1S/C28H22N4O2/c1-17-6-4-9-22(29-17)28-27(24-10-5-13-32(24)31-28)20-15-23(30-21-8-3-2-7-19(20)21)18-11-12-25-26(14-18)34-16-33-25/h2-4,6-9,11-12,14-15H,5,10,13,16H2,1H3. The highest BCUT2D eigenvalue weighted by Crippen LogP contribution is 2.42. The van der Waals surface area contributed by atoms with Crippen LogP contribution < -0.4 is 9.47 Å². The zero-order chi connectivity index (χ0) is 22.6. The van der Waals surface area contributed by atoms with E-state index < -0.39 is 0 Å². The molecule has 0 radical (unpaired) electrons. The van der Waals surface area contributed by atoms with Crippen molar-refractivity contribution in [3.05, 3.63) is 78.1 Å². The third kappa shape index (κ3) is 2.99. The molecule has 34 heavy (non-hydrogen) atoms. The lowest BCUT2D eigenvalue weighted by atomic mass is 9.94. The molecule has 0 saturated heterocycles. The summed E-state index contributed by atoms with van der Waals surface area (Å²) in [6.07, 6.45) is 2.11. The van der Waals surface area contributed by atoms with Crippen molar-refractivity contribution < 1.29 is 9.47 Å². The molecular formula is C28H22N4O2. The highest BCUT2D eigenvalue weighted by atomic mass is 16.7. The smallest absolute Gasteiger partial charge is 0.231 e. The number of benzene rings is 2. The van der Waals surface area contributed by atoms with Gasteiger partial charge >= 0.3 is 0 Å². The molecule has 0 fully saturated rings. The third-order valence-electron chi connectivity index (χ3n) is 6.63. The van der Waals surface area contributed by atoms with E-state index in [9.17, 15) is 0 Å². The highest BCUT2D eigenvalue weighted by Gasteiger charge is 2.26. The molecule has 5 heterocycles. The molecular weight excluding hydrogens is 424 g/mol. The van der Waals surface area contributed by atoms with E-state index in [1.54, 1.807) is 0 Å². The average molecular weight is 447 g/mol. The number of para-hydroxylation sites is 1. The van der Waals surface area contributed by atoms with Crippen molar-refractivity contribution in [3.8, 4) is 45.3 Å². The van der Waals surface area contributed by atoms with E-state index in [1.165, 1.54) is 5.69 Å². The maximum atomic E-state index is 5.63. The maximum absolute atomic E-state index is 5.63. The van der Waals surface area contributed by atoms with E-state index in [4.69, 9.17) is 24.5 Å². The molecule has 7 rings (SSSR count). The SMILES string of the molecule is Cc1cccc(-c2nn3c(c2-c2cc(-c4ccc5c(c4)OCO5)nc4ccccc24)CCC3)n1. The predicted molar refractivity (Wildman–Crippen MR) is 131 cm³/mol. The Morgan fingerprint density at radius 2 is 1.76 bits per heavy atom. The van der Waals surface area contributed by atoms with Crippen LogP contribution >= 0.6 is 0 Å². The topological polar surface area (TPSA) is 62.1 Å². The van der Waals surface area contributed by atoms with Crippen molar-refractivity contribution in [2.24, 2.45) is 0 Å². The molecule has 0 atom stereocenters. The summed E-state index contributed by atoms with van der Waals surface area (Å²) >= 11 is 0. The van der Waals surface area contributed by atoms with Crippen LogP contribution in [-0.2, 0) is 13.0 Å². The Morgan fingerprint density at radius 3 is 2.71 bits per heavy atom. The molecule has 0 spiro atoms.